The number of hydrogen-bond donors (Lipinski definition) is 1. The Morgan fingerprint density at radius 3 is 2.72 bits per heavy atom. The molecule has 0 aliphatic heterocycles. The van der Waals surface area contributed by atoms with E-state index in [1.165, 1.54) is 12.1 Å². The van der Waals surface area contributed by atoms with Gasteiger partial charge in [-0.3, -0.25) is 9.69 Å². The van der Waals surface area contributed by atoms with Gasteiger partial charge in [0, 0.05) is 30.1 Å². The minimum atomic E-state index is -0.684. The van der Waals surface area contributed by atoms with E-state index >= 15 is 0 Å². The summed E-state index contributed by atoms with van der Waals surface area (Å²) in [5, 5.41) is 13.3. The number of fused-ring (bicyclic) bond motifs is 1. The number of aromatic nitrogens is 5. The summed E-state index contributed by atoms with van der Waals surface area (Å²) in [4.78, 5) is 18.7. The van der Waals surface area contributed by atoms with Crippen molar-refractivity contribution in [2.24, 2.45) is 0 Å². The maximum Gasteiger partial charge on any atom is 0.253 e. The third-order valence-corrected chi connectivity index (χ3v) is 6.36. The lowest BCUT2D eigenvalue weighted by molar-refractivity contribution is 0.163. The Morgan fingerprint density at radius 1 is 1.13 bits per heavy atom. The zero-order valence-electron chi connectivity index (χ0n) is 21.7. The monoisotopic (exact) mass is 532 g/mol. The fourth-order valence-corrected chi connectivity index (χ4v) is 4.57. The first-order chi connectivity index (χ1) is 19.1. The molecule has 0 aliphatic rings. The highest BCUT2D eigenvalue weighted by molar-refractivity contribution is 5.80. The van der Waals surface area contributed by atoms with Gasteiger partial charge in [-0.05, 0) is 71.4 Å². The number of rotatable bonds is 12. The molecule has 0 fully saturated rings. The topological polar surface area (TPSA) is 111 Å². The van der Waals surface area contributed by atoms with Crippen molar-refractivity contribution in [2.45, 2.75) is 32.6 Å². The Kier molecular flexibility index (Phi) is 8.09. The SMILES string of the molecule is CCOc1ccc2[nH]c(=O)c([C@H](c3nnnn3CCOC)N(Cc3ccc(F)cc3)Cc3ccco3)cc2c1. The van der Waals surface area contributed by atoms with Crippen LogP contribution < -0.4 is 10.3 Å². The first-order valence-corrected chi connectivity index (χ1v) is 12.6. The maximum atomic E-state index is 13.7. The second-order valence-electron chi connectivity index (χ2n) is 9.00. The molecular formula is C28H29FN6O4. The molecule has 0 unspecified atom stereocenters. The number of benzene rings is 2. The summed E-state index contributed by atoms with van der Waals surface area (Å²) < 4.78 is 32.0. The molecule has 0 aliphatic carbocycles. The second kappa shape index (κ2) is 12.0. The van der Waals surface area contributed by atoms with Crippen LogP contribution in [0.4, 0.5) is 4.39 Å². The molecule has 0 bridgehead atoms. The number of pyridine rings is 1. The van der Waals surface area contributed by atoms with Gasteiger partial charge in [-0.15, -0.1) is 5.10 Å². The molecule has 1 N–H and O–H groups in total. The van der Waals surface area contributed by atoms with E-state index in [-0.39, 0.29) is 11.4 Å². The van der Waals surface area contributed by atoms with Gasteiger partial charge in [-0.2, -0.15) is 0 Å². The number of aromatic amines is 1. The lowest BCUT2D eigenvalue weighted by Crippen LogP contribution is -2.35. The predicted octanol–water partition coefficient (Wildman–Crippen LogP) is 4.08. The number of nitrogens with one attached hydrogen (secondary N) is 1. The molecule has 0 saturated carbocycles. The number of methoxy groups -OCH3 is 1. The Labute approximate surface area is 224 Å². The van der Waals surface area contributed by atoms with Gasteiger partial charge in [0.1, 0.15) is 23.4 Å². The number of ether oxygens (including phenoxy) is 2. The summed E-state index contributed by atoms with van der Waals surface area (Å²) >= 11 is 0. The van der Waals surface area contributed by atoms with Gasteiger partial charge in [0.25, 0.3) is 5.56 Å². The van der Waals surface area contributed by atoms with E-state index in [4.69, 9.17) is 13.9 Å². The Bertz CT molecular complexity index is 1570. The lowest BCUT2D eigenvalue weighted by Gasteiger charge is -2.30. The molecule has 10 nitrogen and oxygen atoms in total. The summed E-state index contributed by atoms with van der Waals surface area (Å²) in [7, 11) is 1.60. The molecule has 2 aromatic carbocycles. The summed E-state index contributed by atoms with van der Waals surface area (Å²) in [6.45, 7) is 3.91. The van der Waals surface area contributed by atoms with Crippen LogP contribution in [-0.4, -0.2) is 50.4 Å². The van der Waals surface area contributed by atoms with E-state index in [1.54, 1.807) is 36.3 Å². The van der Waals surface area contributed by atoms with Crippen LogP contribution in [0.25, 0.3) is 10.9 Å². The van der Waals surface area contributed by atoms with Crippen LogP contribution in [-0.2, 0) is 24.4 Å². The van der Waals surface area contributed by atoms with Crippen molar-refractivity contribution in [3.05, 3.63) is 106 Å². The van der Waals surface area contributed by atoms with Gasteiger partial charge in [-0.25, -0.2) is 9.07 Å². The van der Waals surface area contributed by atoms with Crippen molar-refractivity contribution in [1.29, 1.82) is 0 Å². The Hall–Kier alpha value is -4.35. The molecule has 0 radical (unpaired) electrons. The van der Waals surface area contributed by atoms with Gasteiger partial charge < -0.3 is 18.9 Å². The van der Waals surface area contributed by atoms with E-state index in [1.807, 2.05) is 42.2 Å². The molecule has 202 valence electrons. The molecule has 3 heterocycles. The van der Waals surface area contributed by atoms with Gasteiger partial charge in [0.05, 0.1) is 32.6 Å². The average molecular weight is 533 g/mol. The zero-order chi connectivity index (χ0) is 27.2. The van der Waals surface area contributed by atoms with Crippen LogP contribution in [0.15, 0.2) is 76.1 Å². The van der Waals surface area contributed by atoms with Crippen molar-refractivity contribution < 1.29 is 18.3 Å². The van der Waals surface area contributed by atoms with Crippen molar-refractivity contribution >= 4 is 10.9 Å². The first kappa shape index (κ1) is 26.3. The highest BCUT2D eigenvalue weighted by Gasteiger charge is 2.31. The van der Waals surface area contributed by atoms with Crippen molar-refractivity contribution in [1.82, 2.24) is 30.1 Å². The molecule has 0 spiro atoms. The normalized spacial score (nSPS) is 12.3. The zero-order valence-corrected chi connectivity index (χ0v) is 21.7. The fraction of sp³-hybridized carbons (Fsp3) is 0.286. The third-order valence-electron chi connectivity index (χ3n) is 6.36. The number of tetrazole rings is 1. The van der Waals surface area contributed by atoms with Crippen LogP contribution in [0.5, 0.6) is 5.75 Å². The smallest absolute Gasteiger partial charge is 0.253 e. The first-order valence-electron chi connectivity index (χ1n) is 12.6. The number of halogens is 1. The van der Waals surface area contributed by atoms with E-state index < -0.39 is 6.04 Å². The summed E-state index contributed by atoms with van der Waals surface area (Å²) in [6, 6.07) is 16.6. The van der Waals surface area contributed by atoms with Crippen LogP contribution in [0.2, 0.25) is 0 Å². The van der Waals surface area contributed by atoms with E-state index in [0.29, 0.717) is 61.3 Å². The molecule has 11 heteroatoms. The fourth-order valence-electron chi connectivity index (χ4n) is 4.57. The summed E-state index contributed by atoms with van der Waals surface area (Å²) in [6.07, 6.45) is 1.60. The van der Waals surface area contributed by atoms with Crippen LogP contribution in [0.3, 0.4) is 0 Å². The van der Waals surface area contributed by atoms with Crippen LogP contribution in [0.1, 0.15) is 35.7 Å². The van der Waals surface area contributed by atoms with Gasteiger partial charge >= 0.3 is 0 Å². The lowest BCUT2D eigenvalue weighted by atomic mass is 10.0. The van der Waals surface area contributed by atoms with Gasteiger partial charge in [-0.1, -0.05) is 12.1 Å². The number of furan rings is 1. The van der Waals surface area contributed by atoms with Gasteiger partial charge in [0.2, 0.25) is 0 Å². The number of hydrogen-bond acceptors (Lipinski definition) is 8. The van der Waals surface area contributed by atoms with Crippen molar-refractivity contribution in [3.8, 4) is 5.75 Å². The van der Waals surface area contributed by atoms with Gasteiger partial charge in [0.15, 0.2) is 5.82 Å². The maximum absolute atomic E-state index is 13.7. The summed E-state index contributed by atoms with van der Waals surface area (Å²) in [5.41, 5.74) is 1.69. The average Bonchev–Trinajstić information content (AvgIpc) is 3.62. The Morgan fingerprint density at radius 2 is 1.97 bits per heavy atom. The largest absolute Gasteiger partial charge is 0.494 e. The van der Waals surface area contributed by atoms with E-state index in [9.17, 15) is 9.18 Å². The standard InChI is InChI=1S/C28H29FN6O4/c1-3-38-22-10-11-25-20(15-22)16-24(28(36)30-25)26(27-31-32-33-35(27)12-14-37-2)34(18-23-5-4-13-39-23)17-19-6-8-21(29)9-7-19/h4-11,13,15-16,26H,3,12,14,17-18H2,1-2H3,(H,30,36)/t26-/m1/s1. The minimum Gasteiger partial charge on any atom is -0.494 e. The molecule has 0 saturated heterocycles. The van der Waals surface area contributed by atoms with Crippen molar-refractivity contribution in [2.75, 3.05) is 20.3 Å². The van der Waals surface area contributed by atoms with Crippen LogP contribution in [0, 0.1) is 5.82 Å². The second-order valence-corrected chi connectivity index (χ2v) is 9.00. The van der Waals surface area contributed by atoms with E-state index in [0.717, 1.165) is 10.9 Å². The third kappa shape index (κ3) is 6.05. The summed E-state index contributed by atoms with van der Waals surface area (Å²) in [5.74, 6) is 1.52. The quantitative estimate of drug-likeness (QED) is 0.256. The van der Waals surface area contributed by atoms with Crippen molar-refractivity contribution in [3.63, 3.8) is 0 Å². The highest BCUT2D eigenvalue weighted by atomic mass is 19.1. The molecule has 5 aromatic rings. The number of H-pyrrole nitrogens is 1. The number of nitrogens with zero attached hydrogens (tertiary/aromatic N) is 5. The predicted molar refractivity (Wildman–Crippen MR) is 142 cm³/mol. The van der Waals surface area contributed by atoms with Crippen LogP contribution >= 0.6 is 0 Å². The molecule has 3 aromatic heterocycles. The molecular weight excluding hydrogens is 503 g/mol. The molecule has 5 rings (SSSR count). The molecule has 39 heavy (non-hydrogen) atoms. The highest BCUT2D eigenvalue weighted by Crippen LogP contribution is 2.31. The molecule has 1 atom stereocenters. The minimum absolute atomic E-state index is 0.276. The molecule has 0 amide bonds. The Balaban J connectivity index is 1.67. The van der Waals surface area contributed by atoms with E-state index in [2.05, 4.69) is 20.5 Å².